The monoisotopic (exact) mass is 283 g/mol. The van der Waals surface area contributed by atoms with Gasteiger partial charge in [0.15, 0.2) is 0 Å². The van der Waals surface area contributed by atoms with Crippen LogP contribution in [0.4, 0.5) is 0 Å². The van der Waals surface area contributed by atoms with Gasteiger partial charge in [-0.05, 0) is 12.1 Å². The van der Waals surface area contributed by atoms with Crippen molar-refractivity contribution >= 4 is 27.5 Å². The summed E-state index contributed by atoms with van der Waals surface area (Å²) in [4.78, 5) is 4.08. The molecular formula is C11H7BrClNO. The minimum absolute atomic E-state index is 0.0878. The summed E-state index contributed by atoms with van der Waals surface area (Å²) in [5.41, 5.74) is 1.39. The first-order valence-electron chi connectivity index (χ1n) is 4.27. The van der Waals surface area contributed by atoms with Gasteiger partial charge >= 0.3 is 0 Å². The van der Waals surface area contributed by atoms with Crippen LogP contribution in [0, 0.1) is 0 Å². The molecule has 2 aromatic rings. The van der Waals surface area contributed by atoms with Crippen LogP contribution in [0.1, 0.15) is 0 Å². The summed E-state index contributed by atoms with van der Waals surface area (Å²) in [5, 5.41) is 10.1. The molecular weight excluding hydrogens is 277 g/mol. The number of pyridine rings is 1. The summed E-state index contributed by atoms with van der Waals surface area (Å²) in [6.45, 7) is 0. The van der Waals surface area contributed by atoms with E-state index in [0.717, 1.165) is 10.0 Å². The van der Waals surface area contributed by atoms with Crippen molar-refractivity contribution in [2.24, 2.45) is 0 Å². The Morgan fingerprint density at radius 1 is 1.20 bits per heavy atom. The smallest absolute Gasteiger partial charge is 0.143 e. The van der Waals surface area contributed by atoms with Crippen molar-refractivity contribution in [2.75, 3.05) is 0 Å². The maximum absolute atomic E-state index is 9.66. The van der Waals surface area contributed by atoms with Gasteiger partial charge in [0.25, 0.3) is 0 Å². The highest BCUT2D eigenvalue weighted by atomic mass is 79.9. The molecule has 1 aromatic carbocycles. The third kappa shape index (κ3) is 2.30. The first kappa shape index (κ1) is 10.5. The molecule has 0 atom stereocenters. The summed E-state index contributed by atoms with van der Waals surface area (Å²) >= 11 is 9.04. The van der Waals surface area contributed by atoms with Crippen LogP contribution in [0.5, 0.6) is 5.75 Å². The van der Waals surface area contributed by atoms with Crippen molar-refractivity contribution in [1.29, 1.82) is 0 Å². The Kier molecular flexibility index (Phi) is 2.93. The number of hydrogen-bond donors (Lipinski definition) is 1. The Morgan fingerprint density at radius 2 is 1.87 bits per heavy atom. The standard InChI is InChI=1S/C11H7BrClNO/c12-8-3-1-7(2-4-8)11-10(15)5-9(13)6-14-11/h1-6,15H. The molecule has 2 nitrogen and oxygen atoms in total. The first-order valence-corrected chi connectivity index (χ1v) is 5.44. The molecule has 0 radical (unpaired) electrons. The number of halogens is 2. The molecule has 76 valence electrons. The topological polar surface area (TPSA) is 33.1 Å². The summed E-state index contributed by atoms with van der Waals surface area (Å²) < 4.78 is 0.986. The van der Waals surface area contributed by atoms with Crippen molar-refractivity contribution in [2.45, 2.75) is 0 Å². The van der Waals surface area contributed by atoms with Gasteiger partial charge in [0, 0.05) is 22.3 Å². The minimum Gasteiger partial charge on any atom is -0.506 e. The molecule has 0 spiro atoms. The van der Waals surface area contributed by atoms with E-state index in [0.29, 0.717) is 10.7 Å². The molecule has 0 aliphatic rings. The quantitative estimate of drug-likeness (QED) is 0.862. The van der Waals surface area contributed by atoms with E-state index in [1.807, 2.05) is 24.3 Å². The third-order valence-corrected chi connectivity index (χ3v) is 2.69. The lowest BCUT2D eigenvalue weighted by molar-refractivity contribution is 0.475. The van der Waals surface area contributed by atoms with Gasteiger partial charge in [0.2, 0.25) is 0 Å². The molecule has 0 saturated carbocycles. The first-order chi connectivity index (χ1) is 7.16. The second-order valence-corrected chi connectivity index (χ2v) is 4.38. The molecule has 1 aromatic heterocycles. The molecule has 2 rings (SSSR count). The van der Waals surface area contributed by atoms with Crippen LogP contribution in [0.2, 0.25) is 5.02 Å². The number of aromatic nitrogens is 1. The Labute approximate surface area is 101 Å². The van der Waals surface area contributed by atoms with E-state index in [1.54, 1.807) is 0 Å². The van der Waals surface area contributed by atoms with E-state index < -0.39 is 0 Å². The van der Waals surface area contributed by atoms with Gasteiger partial charge in [-0.3, -0.25) is 4.98 Å². The van der Waals surface area contributed by atoms with Gasteiger partial charge in [-0.2, -0.15) is 0 Å². The summed E-state index contributed by atoms with van der Waals surface area (Å²) in [6, 6.07) is 9.02. The van der Waals surface area contributed by atoms with Crippen LogP contribution in [-0.4, -0.2) is 10.1 Å². The van der Waals surface area contributed by atoms with Crippen LogP contribution < -0.4 is 0 Å². The van der Waals surface area contributed by atoms with Crippen molar-refractivity contribution < 1.29 is 5.11 Å². The van der Waals surface area contributed by atoms with Crippen molar-refractivity contribution in [3.8, 4) is 17.0 Å². The van der Waals surface area contributed by atoms with E-state index in [2.05, 4.69) is 20.9 Å². The zero-order chi connectivity index (χ0) is 10.8. The zero-order valence-electron chi connectivity index (χ0n) is 7.61. The number of hydrogen-bond acceptors (Lipinski definition) is 2. The van der Waals surface area contributed by atoms with Gasteiger partial charge in [-0.1, -0.05) is 39.7 Å². The lowest BCUT2D eigenvalue weighted by Crippen LogP contribution is -1.83. The molecule has 0 amide bonds. The number of benzene rings is 1. The highest BCUT2D eigenvalue weighted by molar-refractivity contribution is 9.10. The number of aromatic hydroxyl groups is 1. The lowest BCUT2D eigenvalue weighted by atomic mass is 10.1. The van der Waals surface area contributed by atoms with E-state index in [1.165, 1.54) is 12.3 Å². The van der Waals surface area contributed by atoms with Crippen molar-refractivity contribution in [3.63, 3.8) is 0 Å². The normalized spacial score (nSPS) is 10.3. The molecule has 0 aliphatic carbocycles. The Hall–Kier alpha value is -1.06. The van der Waals surface area contributed by atoms with Crippen LogP contribution in [0.25, 0.3) is 11.3 Å². The highest BCUT2D eigenvalue weighted by Crippen LogP contribution is 2.29. The van der Waals surface area contributed by atoms with Gasteiger partial charge in [0.05, 0.1) is 5.02 Å². The fraction of sp³-hybridized carbons (Fsp3) is 0. The SMILES string of the molecule is Oc1cc(Cl)cnc1-c1ccc(Br)cc1. The second-order valence-electron chi connectivity index (χ2n) is 3.03. The Bertz CT molecular complexity index is 484. The van der Waals surface area contributed by atoms with E-state index in [-0.39, 0.29) is 5.75 Å². The second kappa shape index (κ2) is 4.21. The van der Waals surface area contributed by atoms with Crippen molar-refractivity contribution in [3.05, 3.63) is 46.0 Å². The van der Waals surface area contributed by atoms with Gasteiger partial charge in [-0.15, -0.1) is 0 Å². The fourth-order valence-electron chi connectivity index (χ4n) is 1.26. The predicted octanol–water partition coefficient (Wildman–Crippen LogP) is 3.87. The Morgan fingerprint density at radius 3 is 2.47 bits per heavy atom. The van der Waals surface area contributed by atoms with E-state index in [4.69, 9.17) is 11.6 Å². The number of rotatable bonds is 1. The largest absolute Gasteiger partial charge is 0.506 e. The van der Waals surface area contributed by atoms with Crippen molar-refractivity contribution in [1.82, 2.24) is 4.98 Å². The van der Waals surface area contributed by atoms with Gasteiger partial charge in [-0.25, -0.2) is 0 Å². The fourth-order valence-corrected chi connectivity index (χ4v) is 1.68. The number of nitrogens with zero attached hydrogens (tertiary/aromatic N) is 1. The summed E-state index contributed by atoms with van der Waals surface area (Å²) in [5.74, 6) is 0.0878. The maximum Gasteiger partial charge on any atom is 0.143 e. The average Bonchev–Trinajstić information content (AvgIpc) is 2.20. The highest BCUT2D eigenvalue weighted by Gasteiger charge is 2.05. The third-order valence-electron chi connectivity index (χ3n) is 1.95. The summed E-state index contributed by atoms with van der Waals surface area (Å²) in [7, 11) is 0. The van der Waals surface area contributed by atoms with Gasteiger partial charge < -0.3 is 5.11 Å². The minimum atomic E-state index is 0.0878. The molecule has 15 heavy (non-hydrogen) atoms. The predicted molar refractivity (Wildman–Crippen MR) is 64.0 cm³/mol. The molecule has 1 heterocycles. The molecule has 4 heteroatoms. The van der Waals surface area contributed by atoms with Crippen LogP contribution in [-0.2, 0) is 0 Å². The molecule has 1 N–H and O–H groups in total. The molecule has 0 bridgehead atoms. The van der Waals surface area contributed by atoms with Crippen LogP contribution in [0.15, 0.2) is 41.0 Å². The van der Waals surface area contributed by atoms with Crippen LogP contribution in [0.3, 0.4) is 0 Å². The molecule has 0 fully saturated rings. The zero-order valence-corrected chi connectivity index (χ0v) is 9.96. The molecule has 0 saturated heterocycles. The average molecular weight is 285 g/mol. The molecule has 0 unspecified atom stereocenters. The Balaban J connectivity index is 2.49. The van der Waals surface area contributed by atoms with Gasteiger partial charge in [0.1, 0.15) is 11.4 Å². The molecule has 0 aliphatic heterocycles. The van der Waals surface area contributed by atoms with E-state index >= 15 is 0 Å². The van der Waals surface area contributed by atoms with E-state index in [9.17, 15) is 5.11 Å². The summed E-state index contributed by atoms with van der Waals surface area (Å²) in [6.07, 6.45) is 1.51. The van der Waals surface area contributed by atoms with Crippen LogP contribution >= 0.6 is 27.5 Å². The lowest BCUT2D eigenvalue weighted by Gasteiger charge is -2.03. The maximum atomic E-state index is 9.66.